The SMILES string of the molecule is CCOc1ccc(CN(C)C(=O)Cl)cc1F. The Morgan fingerprint density at radius 1 is 1.56 bits per heavy atom. The molecule has 1 aromatic rings. The molecule has 0 saturated carbocycles. The van der Waals surface area contributed by atoms with E-state index in [4.69, 9.17) is 16.3 Å². The molecule has 0 bridgehead atoms. The summed E-state index contributed by atoms with van der Waals surface area (Å²) in [6.45, 7) is 2.47. The Bertz CT molecular complexity index is 384. The van der Waals surface area contributed by atoms with Gasteiger partial charge in [0.2, 0.25) is 0 Å². The summed E-state index contributed by atoms with van der Waals surface area (Å²) < 4.78 is 18.5. The molecule has 0 aromatic heterocycles. The monoisotopic (exact) mass is 245 g/mol. The summed E-state index contributed by atoms with van der Waals surface area (Å²) in [7, 11) is 1.55. The van der Waals surface area contributed by atoms with E-state index in [9.17, 15) is 9.18 Å². The minimum absolute atomic E-state index is 0.214. The van der Waals surface area contributed by atoms with Crippen molar-refractivity contribution in [3.8, 4) is 5.75 Å². The van der Waals surface area contributed by atoms with Gasteiger partial charge in [-0.05, 0) is 36.2 Å². The number of carbonyl (C=O) groups is 1. The van der Waals surface area contributed by atoms with Crippen LogP contribution in [-0.4, -0.2) is 23.9 Å². The van der Waals surface area contributed by atoms with Crippen molar-refractivity contribution in [1.29, 1.82) is 0 Å². The highest BCUT2D eigenvalue weighted by atomic mass is 35.5. The number of carbonyl (C=O) groups excluding carboxylic acids is 1. The van der Waals surface area contributed by atoms with Crippen LogP contribution in [0.4, 0.5) is 9.18 Å². The molecule has 0 fully saturated rings. The van der Waals surface area contributed by atoms with E-state index >= 15 is 0 Å². The van der Waals surface area contributed by atoms with Gasteiger partial charge in [0.15, 0.2) is 11.6 Å². The van der Waals surface area contributed by atoms with Crippen molar-refractivity contribution >= 4 is 17.0 Å². The van der Waals surface area contributed by atoms with E-state index in [-0.39, 0.29) is 12.3 Å². The lowest BCUT2D eigenvalue weighted by Gasteiger charge is -2.13. The summed E-state index contributed by atoms with van der Waals surface area (Å²) in [5, 5.41) is -0.575. The summed E-state index contributed by atoms with van der Waals surface area (Å²) >= 11 is 5.27. The zero-order chi connectivity index (χ0) is 12.1. The van der Waals surface area contributed by atoms with E-state index in [2.05, 4.69) is 0 Å². The fraction of sp³-hybridized carbons (Fsp3) is 0.364. The minimum Gasteiger partial charge on any atom is -0.491 e. The number of hydrogen-bond donors (Lipinski definition) is 0. The van der Waals surface area contributed by atoms with Crippen molar-refractivity contribution in [1.82, 2.24) is 4.90 Å². The second kappa shape index (κ2) is 5.70. The molecule has 0 saturated heterocycles. The van der Waals surface area contributed by atoms with E-state index in [1.807, 2.05) is 0 Å². The summed E-state index contributed by atoms with van der Waals surface area (Å²) in [6.07, 6.45) is 0. The molecule has 5 heteroatoms. The number of ether oxygens (including phenoxy) is 1. The third kappa shape index (κ3) is 3.38. The summed E-state index contributed by atoms with van der Waals surface area (Å²) in [4.78, 5) is 12.1. The molecule has 0 radical (unpaired) electrons. The topological polar surface area (TPSA) is 29.5 Å². The quantitative estimate of drug-likeness (QED) is 0.603. The molecular formula is C11H13ClFNO2. The highest BCUT2D eigenvalue weighted by Gasteiger charge is 2.08. The van der Waals surface area contributed by atoms with Crippen LogP contribution in [-0.2, 0) is 6.54 Å². The van der Waals surface area contributed by atoms with Crippen LogP contribution in [0.15, 0.2) is 18.2 Å². The van der Waals surface area contributed by atoms with Crippen molar-refractivity contribution in [2.45, 2.75) is 13.5 Å². The average Bonchev–Trinajstić information content (AvgIpc) is 2.22. The fourth-order valence-corrected chi connectivity index (χ4v) is 1.31. The van der Waals surface area contributed by atoms with Crippen molar-refractivity contribution < 1.29 is 13.9 Å². The molecule has 16 heavy (non-hydrogen) atoms. The number of benzene rings is 1. The smallest absolute Gasteiger partial charge is 0.316 e. The van der Waals surface area contributed by atoms with Crippen molar-refractivity contribution in [3.05, 3.63) is 29.6 Å². The molecule has 88 valence electrons. The maximum atomic E-state index is 13.4. The lowest BCUT2D eigenvalue weighted by Crippen LogP contribution is -2.20. The predicted octanol–water partition coefficient (Wildman–Crippen LogP) is 3.02. The highest BCUT2D eigenvalue weighted by Crippen LogP contribution is 2.19. The molecule has 0 atom stereocenters. The number of nitrogens with zero attached hydrogens (tertiary/aromatic N) is 1. The lowest BCUT2D eigenvalue weighted by molar-refractivity contribution is 0.230. The van der Waals surface area contributed by atoms with Gasteiger partial charge in [0.05, 0.1) is 6.61 Å². The fourth-order valence-electron chi connectivity index (χ4n) is 1.25. The zero-order valence-electron chi connectivity index (χ0n) is 9.17. The molecule has 0 N–H and O–H groups in total. The molecule has 0 aliphatic rings. The lowest BCUT2D eigenvalue weighted by atomic mass is 10.2. The van der Waals surface area contributed by atoms with Gasteiger partial charge in [0, 0.05) is 13.6 Å². The van der Waals surface area contributed by atoms with E-state index in [0.717, 1.165) is 0 Å². The Labute approximate surface area is 98.8 Å². The van der Waals surface area contributed by atoms with Gasteiger partial charge in [-0.25, -0.2) is 4.39 Å². The van der Waals surface area contributed by atoms with E-state index in [1.165, 1.54) is 11.0 Å². The van der Waals surface area contributed by atoms with Crippen molar-refractivity contribution in [3.63, 3.8) is 0 Å². The first kappa shape index (κ1) is 12.8. The van der Waals surface area contributed by atoms with Crippen LogP contribution in [0.5, 0.6) is 5.75 Å². The van der Waals surface area contributed by atoms with Crippen LogP contribution in [0, 0.1) is 5.82 Å². The molecule has 0 unspecified atom stereocenters. The van der Waals surface area contributed by atoms with Gasteiger partial charge in [0.25, 0.3) is 0 Å². The van der Waals surface area contributed by atoms with Crippen LogP contribution in [0.2, 0.25) is 0 Å². The largest absolute Gasteiger partial charge is 0.491 e. The molecule has 3 nitrogen and oxygen atoms in total. The normalized spacial score (nSPS) is 10.0. The summed E-state index contributed by atoms with van der Waals surface area (Å²) in [5.74, 6) is -0.221. The van der Waals surface area contributed by atoms with E-state index in [0.29, 0.717) is 12.2 Å². The Morgan fingerprint density at radius 2 is 2.25 bits per heavy atom. The molecule has 0 aliphatic carbocycles. The Morgan fingerprint density at radius 3 is 2.75 bits per heavy atom. The van der Waals surface area contributed by atoms with Crippen LogP contribution >= 0.6 is 11.6 Å². The molecule has 0 heterocycles. The molecule has 1 amide bonds. The first-order valence-electron chi connectivity index (χ1n) is 4.86. The Hall–Kier alpha value is -1.29. The van der Waals surface area contributed by atoms with Crippen LogP contribution in [0.1, 0.15) is 12.5 Å². The number of hydrogen-bond acceptors (Lipinski definition) is 2. The first-order valence-corrected chi connectivity index (χ1v) is 5.24. The highest BCUT2D eigenvalue weighted by molar-refractivity contribution is 6.62. The van der Waals surface area contributed by atoms with Gasteiger partial charge < -0.3 is 9.64 Å². The maximum Gasteiger partial charge on any atom is 0.316 e. The summed E-state index contributed by atoms with van der Waals surface area (Å²) in [5.41, 5.74) is 0.664. The van der Waals surface area contributed by atoms with Crippen LogP contribution < -0.4 is 4.74 Å². The van der Waals surface area contributed by atoms with Gasteiger partial charge >= 0.3 is 5.37 Å². The van der Waals surface area contributed by atoms with Crippen LogP contribution in [0.3, 0.4) is 0 Å². The van der Waals surface area contributed by atoms with Crippen molar-refractivity contribution in [2.75, 3.05) is 13.7 Å². The molecular weight excluding hydrogens is 233 g/mol. The molecule has 1 rings (SSSR count). The number of rotatable bonds is 4. The maximum absolute atomic E-state index is 13.4. The Balaban J connectivity index is 2.77. The molecule has 0 aliphatic heterocycles. The van der Waals surface area contributed by atoms with Crippen molar-refractivity contribution in [2.24, 2.45) is 0 Å². The third-order valence-corrected chi connectivity index (χ3v) is 2.30. The van der Waals surface area contributed by atoms with Gasteiger partial charge in [0.1, 0.15) is 0 Å². The third-order valence-electron chi connectivity index (χ3n) is 2.02. The number of amides is 1. The molecule has 1 aromatic carbocycles. The van der Waals surface area contributed by atoms with Gasteiger partial charge in [-0.2, -0.15) is 0 Å². The minimum atomic E-state index is -0.575. The van der Waals surface area contributed by atoms with Gasteiger partial charge in [-0.15, -0.1) is 0 Å². The number of halogens is 2. The van der Waals surface area contributed by atoms with E-state index in [1.54, 1.807) is 26.1 Å². The second-order valence-corrected chi connectivity index (χ2v) is 3.63. The Kier molecular flexibility index (Phi) is 4.55. The first-order chi connectivity index (χ1) is 7.54. The predicted molar refractivity (Wildman–Crippen MR) is 60.3 cm³/mol. The average molecular weight is 246 g/mol. The van der Waals surface area contributed by atoms with E-state index < -0.39 is 11.2 Å². The standard InChI is InChI=1S/C11H13ClFNO2/c1-3-16-10-5-4-8(6-9(10)13)7-14(2)11(12)15/h4-6H,3,7H2,1-2H3. The van der Waals surface area contributed by atoms with Gasteiger partial charge in [-0.3, -0.25) is 4.79 Å². The van der Waals surface area contributed by atoms with Crippen LogP contribution in [0.25, 0.3) is 0 Å². The second-order valence-electron chi connectivity index (χ2n) is 3.31. The zero-order valence-corrected chi connectivity index (χ0v) is 9.92. The van der Waals surface area contributed by atoms with Gasteiger partial charge in [-0.1, -0.05) is 6.07 Å². The molecule has 0 spiro atoms. The summed E-state index contributed by atoms with van der Waals surface area (Å²) in [6, 6.07) is 4.58.